The first-order chi connectivity index (χ1) is 10.7. The van der Waals surface area contributed by atoms with E-state index in [9.17, 15) is 4.79 Å². The van der Waals surface area contributed by atoms with Gasteiger partial charge in [-0.2, -0.15) is 0 Å². The Morgan fingerprint density at radius 2 is 1.68 bits per heavy atom. The SMILES string of the molecule is COc1ccc(CO[C@H](C=O)[C@H](C)Cc2ccccc2)cc1. The predicted octanol–water partition coefficient (Wildman–Crippen LogP) is 3.66. The van der Waals surface area contributed by atoms with Crippen LogP contribution in [0.5, 0.6) is 5.75 Å². The van der Waals surface area contributed by atoms with Gasteiger partial charge in [-0.1, -0.05) is 49.4 Å². The second kappa shape index (κ2) is 8.35. The zero-order valence-corrected chi connectivity index (χ0v) is 13.1. The Morgan fingerprint density at radius 3 is 2.27 bits per heavy atom. The Bertz CT molecular complexity index is 563. The number of hydrogen-bond acceptors (Lipinski definition) is 3. The number of benzene rings is 2. The molecule has 0 bridgehead atoms. The Morgan fingerprint density at radius 1 is 1.00 bits per heavy atom. The molecule has 0 saturated carbocycles. The van der Waals surface area contributed by atoms with Crippen LogP contribution in [-0.4, -0.2) is 19.5 Å². The van der Waals surface area contributed by atoms with Crippen molar-refractivity contribution in [1.29, 1.82) is 0 Å². The third kappa shape index (κ3) is 4.71. The Balaban J connectivity index is 1.89. The van der Waals surface area contributed by atoms with Crippen LogP contribution in [0.4, 0.5) is 0 Å². The van der Waals surface area contributed by atoms with Crippen molar-refractivity contribution in [3.63, 3.8) is 0 Å². The number of ether oxygens (including phenoxy) is 2. The summed E-state index contributed by atoms with van der Waals surface area (Å²) >= 11 is 0. The van der Waals surface area contributed by atoms with E-state index < -0.39 is 6.10 Å². The molecule has 0 heterocycles. The molecule has 2 atom stereocenters. The van der Waals surface area contributed by atoms with Crippen molar-refractivity contribution in [3.05, 3.63) is 65.7 Å². The van der Waals surface area contributed by atoms with E-state index in [0.29, 0.717) is 6.61 Å². The van der Waals surface area contributed by atoms with Gasteiger partial charge in [0.1, 0.15) is 18.1 Å². The molecule has 0 fully saturated rings. The van der Waals surface area contributed by atoms with Crippen LogP contribution in [0.1, 0.15) is 18.1 Å². The smallest absolute Gasteiger partial charge is 0.149 e. The minimum absolute atomic E-state index is 0.137. The summed E-state index contributed by atoms with van der Waals surface area (Å²) in [5.74, 6) is 0.950. The summed E-state index contributed by atoms with van der Waals surface area (Å²) in [6.07, 6.45) is 1.33. The van der Waals surface area contributed by atoms with Gasteiger partial charge in [-0.25, -0.2) is 0 Å². The summed E-state index contributed by atoms with van der Waals surface area (Å²) in [4.78, 5) is 11.3. The standard InChI is InChI=1S/C19H22O3/c1-15(12-16-6-4-3-5-7-16)19(13-20)22-14-17-8-10-18(21-2)11-9-17/h3-11,13,15,19H,12,14H2,1-2H3/t15-,19-/m1/s1. The molecule has 0 aliphatic rings. The first-order valence-electron chi connectivity index (χ1n) is 7.46. The van der Waals surface area contributed by atoms with Gasteiger partial charge >= 0.3 is 0 Å². The molecule has 22 heavy (non-hydrogen) atoms. The van der Waals surface area contributed by atoms with Crippen molar-refractivity contribution in [2.45, 2.75) is 26.1 Å². The second-order valence-electron chi connectivity index (χ2n) is 5.43. The summed E-state index contributed by atoms with van der Waals surface area (Å²) in [6, 6.07) is 17.8. The van der Waals surface area contributed by atoms with Crippen molar-refractivity contribution in [3.8, 4) is 5.75 Å². The van der Waals surface area contributed by atoms with Gasteiger partial charge in [0.2, 0.25) is 0 Å². The molecule has 0 N–H and O–H groups in total. The van der Waals surface area contributed by atoms with Gasteiger partial charge in [-0.15, -0.1) is 0 Å². The van der Waals surface area contributed by atoms with Crippen LogP contribution in [-0.2, 0) is 22.6 Å². The maximum Gasteiger partial charge on any atom is 0.149 e. The molecule has 0 amide bonds. The summed E-state index contributed by atoms with van der Waals surface area (Å²) in [6.45, 7) is 2.46. The van der Waals surface area contributed by atoms with Crippen LogP contribution in [0.2, 0.25) is 0 Å². The largest absolute Gasteiger partial charge is 0.497 e. The molecule has 0 aliphatic carbocycles. The molecule has 0 aromatic heterocycles. The van der Waals surface area contributed by atoms with E-state index in [0.717, 1.165) is 24.0 Å². The van der Waals surface area contributed by atoms with Crippen molar-refractivity contribution < 1.29 is 14.3 Å². The summed E-state index contributed by atoms with van der Waals surface area (Å²) < 4.78 is 10.9. The Kier molecular flexibility index (Phi) is 6.16. The van der Waals surface area contributed by atoms with Gasteiger partial charge in [-0.3, -0.25) is 0 Å². The molecule has 3 heteroatoms. The average Bonchev–Trinajstić information content (AvgIpc) is 2.57. The predicted molar refractivity (Wildman–Crippen MR) is 86.9 cm³/mol. The lowest BCUT2D eigenvalue weighted by Gasteiger charge is -2.19. The number of rotatable bonds is 8. The summed E-state index contributed by atoms with van der Waals surface area (Å²) in [5, 5.41) is 0. The average molecular weight is 298 g/mol. The normalized spacial score (nSPS) is 13.4. The Labute approximate surface area is 131 Å². The van der Waals surface area contributed by atoms with Gasteiger partial charge < -0.3 is 14.3 Å². The fraction of sp³-hybridized carbons (Fsp3) is 0.316. The van der Waals surface area contributed by atoms with E-state index in [2.05, 4.69) is 12.1 Å². The van der Waals surface area contributed by atoms with Gasteiger partial charge in [0, 0.05) is 0 Å². The van der Waals surface area contributed by atoms with E-state index >= 15 is 0 Å². The lowest BCUT2D eigenvalue weighted by atomic mass is 9.96. The van der Waals surface area contributed by atoms with Crippen LogP contribution in [0.15, 0.2) is 54.6 Å². The van der Waals surface area contributed by atoms with E-state index in [1.54, 1.807) is 7.11 Å². The van der Waals surface area contributed by atoms with Crippen LogP contribution in [0.25, 0.3) is 0 Å². The monoisotopic (exact) mass is 298 g/mol. The van der Waals surface area contributed by atoms with Crippen molar-refractivity contribution >= 4 is 6.29 Å². The fourth-order valence-corrected chi connectivity index (χ4v) is 2.35. The van der Waals surface area contributed by atoms with Crippen LogP contribution < -0.4 is 4.74 Å². The number of carbonyl (C=O) groups excluding carboxylic acids is 1. The molecule has 2 aromatic carbocycles. The zero-order valence-electron chi connectivity index (χ0n) is 13.1. The molecule has 0 radical (unpaired) electrons. The molecule has 2 rings (SSSR count). The summed E-state index contributed by atoms with van der Waals surface area (Å²) in [5.41, 5.74) is 2.24. The van der Waals surface area contributed by atoms with E-state index in [1.807, 2.05) is 49.4 Å². The van der Waals surface area contributed by atoms with Crippen molar-refractivity contribution in [1.82, 2.24) is 0 Å². The first-order valence-corrected chi connectivity index (χ1v) is 7.46. The first kappa shape index (κ1) is 16.2. The molecule has 116 valence electrons. The number of hydrogen-bond donors (Lipinski definition) is 0. The number of aldehydes is 1. The minimum Gasteiger partial charge on any atom is -0.497 e. The topological polar surface area (TPSA) is 35.5 Å². The van der Waals surface area contributed by atoms with Crippen LogP contribution in [0.3, 0.4) is 0 Å². The lowest BCUT2D eigenvalue weighted by Crippen LogP contribution is -2.25. The van der Waals surface area contributed by atoms with Crippen molar-refractivity contribution in [2.75, 3.05) is 7.11 Å². The molecule has 0 unspecified atom stereocenters. The van der Waals surface area contributed by atoms with Gasteiger partial charge in [0.25, 0.3) is 0 Å². The third-order valence-corrected chi connectivity index (χ3v) is 3.70. The highest BCUT2D eigenvalue weighted by Crippen LogP contribution is 2.17. The van der Waals surface area contributed by atoms with Crippen molar-refractivity contribution in [2.24, 2.45) is 5.92 Å². The van der Waals surface area contributed by atoms with Gasteiger partial charge in [0.05, 0.1) is 13.7 Å². The maximum absolute atomic E-state index is 11.3. The number of carbonyl (C=O) groups is 1. The molecule has 3 nitrogen and oxygen atoms in total. The number of methoxy groups -OCH3 is 1. The van der Waals surface area contributed by atoms with E-state index in [1.165, 1.54) is 5.56 Å². The Hall–Kier alpha value is -2.13. The van der Waals surface area contributed by atoms with Crippen LogP contribution >= 0.6 is 0 Å². The highest BCUT2D eigenvalue weighted by Gasteiger charge is 2.17. The molecule has 0 spiro atoms. The zero-order chi connectivity index (χ0) is 15.8. The maximum atomic E-state index is 11.3. The van der Waals surface area contributed by atoms with Crippen LogP contribution in [0, 0.1) is 5.92 Å². The fourth-order valence-electron chi connectivity index (χ4n) is 2.35. The van der Waals surface area contributed by atoms with E-state index in [-0.39, 0.29) is 5.92 Å². The van der Waals surface area contributed by atoms with Gasteiger partial charge in [-0.05, 0) is 35.6 Å². The molecular formula is C19H22O3. The molecule has 0 aliphatic heterocycles. The van der Waals surface area contributed by atoms with Gasteiger partial charge in [0.15, 0.2) is 0 Å². The molecular weight excluding hydrogens is 276 g/mol. The summed E-state index contributed by atoms with van der Waals surface area (Å²) in [7, 11) is 1.64. The molecule has 0 saturated heterocycles. The second-order valence-corrected chi connectivity index (χ2v) is 5.43. The van der Waals surface area contributed by atoms with E-state index in [4.69, 9.17) is 9.47 Å². The third-order valence-electron chi connectivity index (χ3n) is 3.70. The highest BCUT2D eigenvalue weighted by molar-refractivity contribution is 5.56. The minimum atomic E-state index is -0.401. The highest BCUT2D eigenvalue weighted by atomic mass is 16.5. The lowest BCUT2D eigenvalue weighted by molar-refractivity contribution is -0.122. The molecule has 2 aromatic rings. The quantitative estimate of drug-likeness (QED) is 0.698.